The standard InChI is InChI=1S/C17H28N4O2/c1-3-10-21-16(22)8-7-15(19-21)17(23)18-9-5-12-20-11-4-6-14(2)13-20/h7-8,14H,3-6,9-13H2,1-2H3,(H,18,23)/t14-/m0/s1. The largest absolute Gasteiger partial charge is 0.351 e. The Morgan fingerprint density at radius 3 is 2.96 bits per heavy atom. The van der Waals surface area contributed by atoms with E-state index >= 15 is 0 Å². The summed E-state index contributed by atoms with van der Waals surface area (Å²) in [6, 6.07) is 2.91. The molecule has 128 valence electrons. The third kappa shape index (κ3) is 5.46. The van der Waals surface area contributed by atoms with Crippen molar-refractivity contribution in [2.24, 2.45) is 5.92 Å². The molecule has 1 atom stereocenters. The molecule has 6 nitrogen and oxygen atoms in total. The molecule has 0 unspecified atom stereocenters. The van der Waals surface area contributed by atoms with Crippen molar-refractivity contribution >= 4 is 5.91 Å². The second-order valence-electron chi connectivity index (χ2n) is 6.44. The minimum absolute atomic E-state index is 0.164. The van der Waals surface area contributed by atoms with Crippen LogP contribution in [0.3, 0.4) is 0 Å². The van der Waals surface area contributed by atoms with Gasteiger partial charge in [0, 0.05) is 25.7 Å². The Morgan fingerprint density at radius 1 is 1.39 bits per heavy atom. The first-order valence-corrected chi connectivity index (χ1v) is 8.69. The van der Waals surface area contributed by atoms with Crippen molar-refractivity contribution in [3.8, 4) is 0 Å². The second-order valence-corrected chi connectivity index (χ2v) is 6.44. The van der Waals surface area contributed by atoms with Crippen LogP contribution >= 0.6 is 0 Å². The van der Waals surface area contributed by atoms with Crippen LogP contribution in [-0.2, 0) is 6.54 Å². The van der Waals surface area contributed by atoms with Gasteiger partial charge in [0.05, 0.1) is 0 Å². The van der Waals surface area contributed by atoms with Gasteiger partial charge in [-0.2, -0.15) is 5.10 Å². The lowest BCUT2D eigenvalue weighted by molar-refractivity contribution is 0.0942. The van der Waals surface area contributed by atoms with Gasteiger partial charge in [0.25, 0.3) is 11.5 Å². The summed E-state index contributed by atoms with van der Waals surface area (Å²) in [5.74, 6) is 0.573. The van der Waals surface area contributed by atoms with E-state index in [-0.39, 0.29) is 11.5 Å². The molecule has 1 aromatic heterocycles. The maximum Gasteiger partial charge on any atom is 0.271 e. The van der Waals surface area contributed by atoms with Crippen LogP contribution in [0.1, 0.15) is 50.0 Å². The zero-order valence-corrected chi connectivity index (χ0v) is 14.3. The number of hydrogen-bond acceptors (Lipinski definition) is 4. The molecule has 1 fully saturated rings. The fraction of sp³-hybridized carbons (Fsp3) is 0.706. The first-order valence-electron chi connectivity index (χ1n) is 8.69. The number of aryl methyl sites for hydroxylation is 1. The number of likely N-dealkylation sites (tertiary alicyclic amines) is 1. The van der Waals surface area contributed by atoms with E-state index in [1.54, 1.807) is 0 Å². The first kappa shape index (κ1) is 17.7. The zero-order chi connectivity index (χ0) is 16.7. The first-order chi connectivity index (χ1) is 11.1. The Morgan fingerprint density at radius 2 is 2.22 bits per heavy atom. The zero-order valence-electron chi connectivity index (χ0n) is 14.3. The molecule has 1 aliphatic rings. The van der Waals surface area contributed by atoms with Crippen LogP contribution in [0.25, 0.3) is 0 Å². The molecule has 1 aromatic rings. The quantitative estimate of drug-likeness (QED) is 0.773. The molecule has 0 radical (unpaired) electrons. The molecule has 0 bridgehead atoms. The number of carbonyl (C=O) groups excluding carboxylic acids is 1. The number of nitrogens with zero attached hydrogens (tertiary/aromatic N) is 3. The summed E-state index contributed by atoms with van der Waals surface area (Å²) in [6.07, 6.45) is 4.35. The molecule has 1 saturated heterocycles. The van der Waals surface area contributed by atoms with E-state index < -0.39 is 0 Å². The fourth-order valence-electron chi connectivity index (χ4n) is 3.03. The van der Waals surface area contributed by atoms with Crippen molar-refractivity contribution in [3.63, 3.8) is 0 Å². The van der Waals surface area contributed by atoms with E-state index in [0.29, 0.717) is 18.8 Å². The highest BCUT2D eigenvalue weighted by Crippen LogP contribution is 2.15. The van der Waals surface area contributed by atoms with Gasteiger partial charge in [-0.25, -0.2) is 4.68 Å². The molecule has 1 aliphatic heterocycles. The Labute approximate surface area is 137 Å². The van der Waals surface area contributed by atoms with Crippen molar-refractivity contribution in [3.05, 3.63) is 28.2 Å². The van der Waals surface area contributed by atoms with E-state index in [4.69, 9.17) is 0 Å². The summed E-state index contributed by atoms with van der Waals surface area (Å²) in [4.78, 5) is 26.2. The van der Waals surface area contributed by atoms with Gasteiger partial charge in [0.1, 0.15) is 5.69 Å². The molecular formula is C17H28N4O2. The molecule has 0 aromatic carbocycles. The molecule has 0 aliphatic carbocycles. The van der Waals surface area contributed by atoms with E-state index in [1.165, 1.54) is 36.2 Å². The predicted octanol–water partition coefficient (Wildman–Crippen LogP) is 1.51. The molecule has 1 amide bonds. The summed E-state index contributed by atoms with van der Waals surface area (Å²) in [6.45, 7) is 8.80. The van der Waals surface area contributed by atoms with E-state index in [0.717, 1.165) is 31.8 Å². The van der Waals surface area contributed by atoms with E-state index in [9.17, 15) is 9.59 Å². The summed E-state index contributed by atoms with van der Waals surface area (Å²) < 4.78 is 1.35. The van der Waals surface area contributed by atoms with Gasteiger partial charge in [-0.15, -0.1) is 0 Å². The van der Waals surface area contributed by atoms with Crippen LogP contribution in [0.5, 0.6) is 0 Å². The van der Waals surface area contributed by atoms with Gasteiger partial charge in [-0.05, 0) is 50.8 Å². The van der Waals surface area contributed by atoms with Crippen LogP contribution in [0.2, 0.25) is 0 Å². The van der Waals surface area contributed by atoms with Crippen LogP contribution in [0.4, 0.5) is 0 Å². The second kappa shape index (κ2) is 8.82. The maximum atomic E-state index is 12.1. The van der Waals surface area contributed by atoms with Crippen molar-refractivity contribution in [1.82, 2.24) is 20.0 Å². The Kier molecular flexibility index (Phi) is 6.77. The lowest BCUT2D eigenvalue weighted by Crippen LogP contribution is -2.36. The number of hydrogen-bond donors (Lipinski definition) is 1. The average Bonchev–Trinajstić information content (AvgIpc) is 2.54. The van der Waals surface area contributed by atoms with Gasteiger partial charge in [0.15, 0.2) is 0 Å². The Bertz CT molecular complexity index is 570. The third-order valence-corrected chi connectivity index (χ3v) is 4.21. The topological polar surface area (TPSA) is 67.2 Å². The Balaban J connectivity index is 1.76. The van der Waals surface area contributed by atoms with E-state index in [2.05, 4.69) is 22.2 Å². The van der Waals surface area contributed by atoms with Crippen LogP contribution in [0, 0.1) is 5.92 Å². The van der Waals surface area contributed by atoms with Gasteiger partial charge in [0.2, 0.25) is 0 Å². The minimum atomic E-state index is -0.207. The van der Waals surface area contributed by atoms with Crippen LogP contribution in [0.15, 0.2) is 16.9 Å². The SMILES string of the molecule is CCCn1nc(C(=O)NCCCN2CCC[C@H](C)C2)ccc1=O. The van der Waals surface area contributed by atoms with Crippen molar-refractivity contribution in [1.29, 1.82) is 0 Å². The lowest BCUT2D eigenvalue weighted by Gasteiger charge is -2.30. The van der Waals surface area contributed by atoms with E-state index in [1.807, 2.05) is 6.92 Å². The average molecular weight is 320 g/mol. The summed E-state index contributed by atoms with van der Waals surface area (Å²) >= 11 is 0. The number of amides is 1. The highest BCUT2D eigenvalue weighted by molar-refractivity contribution is 5.91. The highest BCUT2D eigenvalue weighted by Gasteiger charge is 2.15. The fourth-order valence-corrected chi connectivity index (χ4v) is 3.03. The maximum absolute atomic E-state index is 12.1. The van der Waals surface area contributed by atoms with Crippen LogP contribution < -0.4 is 10.9 Å². The molecule has 2 heterocycles. The molecule has 23 heavy (non-hydrogen) atoms. The number of aromatic nitrogens is 2. The van der Waals surface area contributed by atoms with Gasteiger partial charge < -0.3 is 10.2 Å². The normalized spacial score (nSPS) is 18.8. The summed E-state index contributed by atoms with van der Waals surface area (Å²) in [7, 11) is 0. The monoisotopic (exact) mass is 320 g/mol. The number of nitrogens with one attached hydrogen (secondary N) is 1. The van der Waals surface area contributed by atoms with Gasteiger partial charge in [-0.1, -0.05) is 13.8 Å². The molecular weight excluding hydrogens is 292 g/mol. The molecule has 1 N–H and O–H groups in total. The molecule has 0 saturated carbocycles. The van der Waals surface area contributed by atoms with Crippen LogP contribution in [-0.4, -0.2) is 46.8 Å². The molecule has 0 spiro atoms. The highest BCUT2D eigenvalue weighted by atomic mass is 16.2. The van der Waals surface area contributed by atoms with Gasteiger partial charge >= 0.3 is 0 Å². The predicted molar refractivity (Wildman–Crippen MR) is 90.6 cm³/mol. The van der Waals surface area contributed by atoms with Crippen molar-refractivity contribution in [2.45, 2.75) is 46.1 Å². The molecule has 6 heteroatoms. The van der Waals surface area contributed by atoms with Crippen molar-refractivity contribution in [2.75, 3.05) is 26.2 Å². The summed E-state index contributed by atoms with van der Waals surface area (Å²) in [5, 5.41) is 7.02. The smallest absolute Gasteiger partial charge is 0.271 e. The minimum Gasteiger partial charge on any atom is -0.351 e. The molecule has 2 rings (SSSR count). The van der Waals surface area contributed by atoms with Crippen molar-refractivity contribution < 1.29 is 4.79 Å². The number of rotatable bonds is 7. The Hall–Kier alpha value is -1.69. The number of carbonyl (C=O) groups is 1. The lowest BCUT2D eigenvalue weighted by atomic mass is 10.0. The van der Waals surface area contributed by atoms with Gasteiger partial charge in [-0.3, -0.25) is 9.59 Å². The third-order valence-electron chi connectivity index (χ3n) is 4.21. The number of piperidine rings is 1. The summed E-state index contributed by atoms with van der Waals surface area (Å²) in [5.41, 5.74) is 0.146.